The first-order valence-corrected chi connectivity index (χ1v) is 16.0. The van der Waals surface area contributed by atoms with Gasteiger partial charge in [-0.25, -0.2) is 0 Å². The minimum atomic E-state index is -5.35. The van der Waals surface area contributed by atoms with Gasteiger partial charge in [-0.3, -0.25) is 0 Å². The molecule has 0 aliphatic carbocycles. The standard InChI is InChI=1S/C27H25NO3SSi.C2H3N/c1-20-18-21(2)29-33(24-14-8-5-9-15-24,28(20)25-16-10-11-17-27(25)32-33)30-22(3)19-26(31-33)23-12-6-4-7-13-23;1-2-3/h4-19H,1-3H3;1H3. The molecular weight excluding hydrogens is 484 g/mol. The van der Waals surface area contributed by atoms with Crippen molar-refractivity contribution in [3.05, 3.63) is 114 Å². The molecule has 182 valence electrons. The summed E-state index contributed by atoms with van der Waals surface area (Å²) in [6.07, 6.45) is 4.02. The molecule has 0 unspecified atom stereocenters. The molecule has 0 saturated heterocycles. The predicted octanol–water partition coefficient (Wildman–Crippen LogP) is 6.46. The first-order valence-electron chi connectivity index (χ1n) is 11.8. The van der Waals surface area contributed by atoms with E-state index >= 15 is 0 Å². The molecule has 36 heavy (non-hydrogen) atoms. The molecule has 3 aromatic rings. The molecule has 5 nitrogen and oxygen atoms in total. The van der Waals surface area contributed by atoms with Gasteiger partial charge in [0.15, 0.2) is 0 Å². The van der Waals surface area contributed by atoms with E-state index in [1.54, 1.807) is 17.3 Å². The third kappa shape index (κ3) is 3.08. The number of fused-ring (bicyclic) bond motifs is 2. The molecule has 0 N–H and O–H groups in total. The summed E-state index contributed by atoms with van der Waals surface area (Å²) in [6.45, 7) is 2.14. The second-order valence-corrected chi connectivity index (χ2v) is 17.4. The number of nitrogens with zero attached hydrogens (tertiary/aromatic N) is 2. The fourth-order valence-corrected chi connectivity index (χ4v) is 17.6. The van der Waals surface area contributed by atoms with Crippen molar-refractivity contribution >= 4 is 40.2 Å². The van der Waals surface area contributed by atoms with Gasteiger partial charge in [-0.05, 0) is 0 Å². The number of allylic oxidation sites excluding steroid dienone is 4. The summed E-state index contributed by atoms with van der Waals surface area (Å²) >= 11 is 1.59. The number of benzene rings is 3. The molecule has 6 rings (SSSR count). The number of ketones is 1. The summed E-state index contributed by atoms with van der Waals surface area (Å²) in [4.78, 5) is 1.07. The summed E-state index contributed by atoms with van der Waals surface area (Å²) < 4.78 is 23.9. The van der Waals surface area contributed by atoms with Crippen molar-refractivity contribution in [3.8, 4) is 6.07 Å². The average Bonchev–Trinajstić information content (AvgIpc) is 3.13. The zero-order valence-corrected chi connectivity index (χ0v) is 22.6. The Labute approximate surface area is 215 Å². The number of rotatable bonds is 2. The Morgan fingerprint density at radius 1 is 0.806 bits per heavy atom. The van der Waals surface area contributed by atoms with Crippen LogP contribution in [0.4, 0.5) is 5.69 Å². The first kappa shape index (κ1) is 23.9. The molecule has 0 radical (unpaired) electrons. The van der Waals surface area contributed by atoms with E-state index in [9.17, 15) is 0 Å². The Bertz CT molecular complexity index is 1550. The Hall–Kier alpha value is -3.86. The van der Waals surface area contributed by atoms with Crippen molar-refractivity contribution in [2.45, 2.75) is 32.6 Å². The van der Waals surface area contributed by atoms with Crippen molar-refractivity contribution in [1.82, 2.24) is 0 Å². The molecule has 3 aliphatic rings. The predicted molar refractivity (Wildman–Crippen MR) is 146 cm³/mol. The molecule has 0 amide bonds. The second kappa shape index (κ2) is 8.09. The average molecular weight is 513 g/mol. The van der Waals surface area contributed by atoms with E-state index < -0.39 is 6.67 Å². The normalized spacial score (nSPS) is 21.5. The quantitative estimate of drug-likeness (QED) is 0.292. The number of para-hydroxylation sites is 1. The Morgan fingerprint density at radius 3 is 2.03 bits per heavy atom. The molecule has 3 heterocycles. The third-order valence-corrected chi connectivity index (χ3v) is 16.8. The molecule has 0 bridgehead atoms. The maximum atomic E-state index is 7.36. The second-order valence-electron chi connectivity index (χ2n) is 9.07. The van der Waals surface area contributed by atoms with Gasteiger partial charge in [0.1, 0.15) is 0 Å². The van der Waals surface area contributed by atoms with Gasteiger partial charge in [-0.1, -0.05) is 0 Å². The molecule has 3 aromatic carbocycles. The molecule has 0 fully saturated rings. The van der Waals surface area contributed by atoms with E-state index in [-0.39, 0.29) is 0 Å². The van der Waals surface area contributed by atoms with Crippen LogP contribution >= 0.6 is 11.2 Å². The Kier molecular flexibility index (Phi) is 5.36. The molecule has 0 aromatic heterocycles. The summed E-state index contributed by atoms with van der Waals surface area (Å²) in [5, 5.41) is 8.21. The van der Waals surface area contributed by atoms with Crippen LogP contribution in [0.25, 0.3) is 0 Å². The van der Waals surface area contributed by atoms with Gasteiger partial charge in [0.2, 0.25) is 0 Å². The third-order valence-electron chi connectivity index (χ3n) is 6.54. The zero-order valence-electron chi connectivity index (χ0n) is 20.8. The van der Waals surface area contributed by atoms with Crippen LogP contribution in [-0.2, 0) is 8.85 Å². The van der Waals surface area contributed by atoms with Crippen LogP contribution in [0.1, 0.15) is 37.4 Å². The number of hydrogen-bond donors (Lipinski definition) is 0. The van der Waals surface area contributed by atoms with Crippen molar-refractivity contribution in [2.75, 3.05) is 0 Å². The van der Waals surface area contributed by atoms with E-state index in [1.807, 2.05) is 68.5 Å². The summed E-state index contributed by atoms with van der Waals surface area (Å²) in [6, 6.07) is 30.4. The number of nitriles is 1. The Morgan fingerprint density at radius 2 is 1.36 bits per heavy atom. The van der Waals surface area contributed by atoms with Crippen LogP contribution in [-0.4, -0.2) is 22.4 Å². The van der Waals surface area contributed by atoms with Gasteiger partial charge in [-0.2, -0.15) is 5.26 Å². The molecule has 3 aliphatic heterocycles. The number of carbonyl (C=O) groups excluding carboxylic acids is 1. The van der Waals surface area contributed by atoms with E-state index in [4.69, 9.17) is 18.2 Å². The van der Waals surface area contributed by atoms with E-state index in [0.717, 1.165) is 44.3 Å². The van der Waals surface area contributed by atoms with Crippen LogP contribution in [0.15, 0.2) is 113 Å². The zero-order chi connectivity index (χ0) is 25.5. The fourth-order valence-electron chi connectivity index (χ4n) is 5.56. The van der Waals surface area contributed by atoms with E-state index in [1.165, 1.54) is 6.92 Å². The minimum absolute atomic E-state index is 0.737. The molecule has 7 heteroatoms. The van der Waals surface area contributed by atoms with Gasteiger partial charge < -0.3 is 0 Å². The van der Waals surface area contributed by atoms with E-state index in [0.29, 0.717) is 0 Å². The molecular formula is C29H28N2O3SSi. The van der Waals surface area contributed by atoms with Crippen LogP contribution in [0.5, 0.6) is 0 Å². The summed E-state index contributed by atoms with van der Waals surface area (Å²) in [7, 11) is 0. The number of hydrogen-bond acceptors (Lipinski definition) is 4. The van der Waals surface area contributed by atoms with Crippen molar-refractivity contribution < 1.29 is 17.2 Å². The van der Waals surface area contributed by atoms with Crippen molar-refractivity contribution in [1.29, 1.82) is 5.26 Å². The van der Waals surface area contributed by atoms with Gasteiger partial charge in [0.25, 0.3) is 0 Å². The van der Waals surface area contributed by atoms with Gasteiger partial charge in [0, 0.05) is 6.92 Å². The first-order chi connectivity index (χ1) is 17.3. The van der Waals surface area contributed by atoms with Crippen LogP contribution < -0.4 is 5.19 Å². The van der Waals surface area contributed by atoms with Crippen molar-refractivity contribution in [2.24, 2.45) is 0 Å². The van der Waals surface area contributed by atoms with Gasteiger partial charge in [0.05, 0.1) is 6.07 Å². The monoisotopic (exact) mass is 512 g/mol. The summed E-state index contributed by atoms with van der Waals surface area (Å²) in [5.74, 6) is 2.25. The van der Waals surface area contributed by atoms with Gasteiger partial charge >= 0.3 is 197 Å². The summed E-state index contributed by atoms with van der Waals surface area (Å²) in [5.41, 5.74) is 3.02. The van der Waals surface area contributed by atoms with Crippen molar-refractivity contribution in [3.63, 3.8) is 0 Å². The van der Waals surface area contributed by atoms with Crippen LogP contribution in [0.2, 0.25) is 0 Å². The van der Waals surface area contributed by atoms with Gasteiger partial charge in [-0.15, -0.1) is 0 Å². The fraction of sp³-hybridized carbons (Fsp3) is 0.138. The topological polar surface area (TPSA) is 56.6 Å². The molecule has 0 saturated carbocycles. The molecule has 0 atom stereocenters. The molecule has 1 spiro atoms. The maximum absolute atomic E-state index is 7.36. The Balaban J connectivity index is 0.000000848. The van der Waals surface area contributed by atoms with Crippen LogP contribution in [0, 0.1) is 11.3 Å². The SMILES string of the molecule is CC#N.CC1=CC(c2ccccc2)=[O+][Si-2]23(c4ccccc4)(O1)OC(C)=CC(C)=[N+]2c1ccccc1S3. The van der Waals surface area contributed by atoms with Crippen LogP contribution in [0.3, 0.4) is 0 Å². The van der Waals surface area contributed by atoms with E-state index in [2.05, 4.69) is 53.6 Å².